The van der Waals surface area contributed by atoms with Crippen LogP contribution in [0.15, 0.2) is 48.5 Å². The maximum Gasteiger partial charge on any atom is 0.185 e. The highest BCUT2D eigenvalue weighted by molar-refractivity contribution is 6.07. The van der Waals surface area contributed by atoms with Crippen molar-refractivity contribution in [3.63, 3.8) is 0 Å². The zero-order valence-corrected chi connectivity index (χ0v) is 17.9. The minimum absolute atomic E-state index is 0.0561. The van der Waals surface area contributed by atoms with Crippen LogP contribution in [0.5, 0.6) is 11.5 Å². The summed E-state index contributed by atoms with van der Waals surface area (Å²) in [6, 6.07) is 13.1. The van der Waals surface area contributed by atoms with Crippen LogP contribution in [0, 0.1) is 0 Å². The Bertz CT molecular complexity index is 838. The van der Waals surface area contributed by atoms with Gasteiger partial charge in [-0.25, -0.2) is 0 Å². The zero-order chi connectivity index (χ0) is 20.9. The van der Waals surface area contributed by atoms with Gasteiger partial charge in [0.05, 0.1) is 0 Å². The molecule has 4 nitrogen and oxygen atoms in total. The van der Waals surface area contributed by atoms with Crippen LogP contribution >= 0.6 is 0 Å². The lowest BCUT2D eigenvalue weighted by Gasteiger charge is -2.25. The fraction of sp³-hybridized carbons (Fsp3) is 0.375. The second kappa shape index (κ2) is 8.51. The molecule has 0 amide bonds. The van der Waals surface area contributed by atoms with Crippen LogP contribution in [0.4, 0.5) is 5.69 Å². The molecule has 0 atom stereocenters. The lowest BCUT2D eigenvalue weighted by Crippen LogP contribution is -2.24. The van der Waals surface area contributed by atoms with Crippen molar-refractivity contribution < 1.29 is 14.3 Å². The van der Waals surface area contributed by atoms with Crippen LogP contribution < -0.4 is 14.8 Å². The maximum absolute atomic E-state index is 12.5. The second-order valence-corrected chi connectivity index (χ2v) is 8.65. The van der Waals surface area contributed by atoms with E-state index < -0.39 is 0 Å². The first-order chi connectivity index (χ1) is 13.0. The standard InChI is InChI=1S/C24H31NO3/c1-23(2,3)27-20-14-10-18(22(16-20)28-24(4,5)6)11-15-21(26)17-8-12-19(25-7)13-9-17/h8-16,25H,1-7H3. The molecule has 0 unspecified atom stereocenters. The molecule has 0 aromatic heterocycles. The van der Waals surface area contributed by atoms with Gasteiger partial charge in [-0.2, -0.15) is 0 Å². The van der Waals surface area contributed by atoms with E-state index in [1.807, 2.05) is 91.1 Å². The molecule has 2 rings (SSSR count). The highest BCUT2D eigenvalue weighted by atomic mass is 16.5. The largest absolute Gasteiger partial charge is 0.488 e. The number of ether oxygens (including phenoxy) is 2. The number of nitrogens with one attached hydrogen (secondary N) is 1. The van der Waals surface area contributed by atoms with Crippen molar-refractivity contribution in [1.82, 2.24) is 0 Å². The molecule has 28 heavy (non-hydrogen) atoms. The molecule has 2 aromatic carbocycles. The number of carbonyl (C=O) groups excluding carboxylic acids is 1. The molecule has 0 aliphatic carbocycles. The second-order valence-electron chi connectivity index (χ2n) is 8.65. The zero-order valence-electron chi connectivity index (χ0n) is 17.9. The molecule has 0 fully saturated rings. The predicted molar refractivity (Wildman–Crippen MR) is 117 cm³/mol. The molecular formula is C24H31NO3. The summed E-state index contributed by atoms with van der Waals surface area (Å²) in [5.74, 6) is 1.36. The smallest absolute Gasteiger partial charge is 0.185 e. The summed E-state index contributed by atoms with van der Waals surface area (Å²) in [7, 11) is 1.85. The predicted octanol–water partition coefficient (Wildman–Crippen LogP) is 5.98. The highest BCUT2D eigenvalue weighted by Gasteiger charge is 2.17. The van der Waals surface area contributed by atoms with Crippen LogP contribution in [-0.2, 0) is 0 Å². The molecule has 0 saturated heterocycles. The molecule has 150 valence electrons. The van der Waals surface area contributed by atoms with E-state index in [0.29, 0.717) is 11.3 Å². The fourth-order valence-corrected chi connectivity index (χ4v) is 2.55. The number of rotatable bonds is 6. The third kappa shape index (κ3) is 6.76. The molecule has 4 heteroatoms. The Labute approximate surface area is 168 Å². The number of hydrogen-bond acceptors (Lipinski definition) is 4. The van der Waals surface area contributed by atoms with Gasteiger partial charge in [0.25, 0.3) is 0 Å². The highest BCUT2D eigenvalue weighted by Crippen LogP contribution is 2.31. The van der Waals surface area contributed by atoms with Gasteiger partial charge in [-0.1, -0.05) is 0 Å². The van der Waals surface area contributed by atoms with Gasteiger partial charge in [0.2, 0.25) is 0 Å². The maximum atomic E-state index is 12.5. The molecule has 1 N–H and O–H groups in total. The van der Waals surface area contributed by atoms with Crippen LogP contribution in [0.3, 0.4) is 0 Å². The van der Waals surface area contributed by atoms with Gasteiger partial charge in [-0.3, -0.25) is 4.79 Å². The van der Waals surface area contributed by atoms with Gasteiger partial charge in [-0.15, -0.1) is 0 Å². The first kappa shape index (κ1) is 21.5. The number of carbonyl (C=O) groups is 1. The minimum atomic E-state index is -0.365. The first-order valence-corrected chi connectivity index (χ1v) is 9.49. The Morgan fingerprint density at radius 1 is 0.893 bits per heavy atom. The van der Waals surface area contributed by atoms with E-state index in [9.17, 15) is 4.79 Å². The fourth-order valence-electron chi connectivity index (χ4n) is 2.55. The van der Waals surface area contributed by atoms with Crippen LogP contribution in [0.2, 0.25) is 0 Å². The third-order valence-corrected chi connectivity index (χ3v) is 3.70. The molecular weight excluding hydrogens is 350 g/mol. The molecule has 0 heterocycles. The van der Waals surface area contributed by atoms with Gasteiger partial charge in [0, 0.05) is 29.9 Å². The number of anilines is 1. The molecule has 0 radical (unpaired) electrons. The summed E-state index contributed by atoms with van der Waals surface area (Å²) in [6.07, 6.45) is 3.36. The number of hydrogen-bond donors (Lipinski definition) is 1. The van der Waals surface area contributed by atoms with Crippen molar-refractivity contribution >= 4 is 17.5 Å². The topological polar surface area (TPSA) is 47.6 Å². The van der Waals surface area contributed by atoms with Crippen molar-refractivity contribution in [1.29, 1.82) is 0 Å². The summed E-state index contributed by atoms with van der Waals surface area (Å²) < 4.78 is 12.1. The minimum Gasteiger partial charge on any atom is -0.488 e. The van der Waals surface area contributed by atoms with Crippen molar-refractivity contribution in [2.24, 2.45) is 0 Å². The summed E-state index contributed by atoms with van der Waals surface area (Å²) >= 11 is 0. The Morgan fingerprint density at radius 2 is 1.50 bits per heavy atom. The van der Waals surface area contributed by atoms with Crippen molar-refractivity contribution in [3.05, 3.63) is 59.7 Å². The monoisotopic (exact) mass is 381 g/mol. The molecule has 0 aliphatic heterocycles. The Kier molecular flexibility index (Phi) is 6.55. The first-order valence-electron chi connectivity index (χ1n) is 9.49. The number of ketones is 1. The summed E-state index contributed by atoms with van der Waals surface area (Å²) in [6.45, 7) is 12.0. The quantitative estimate of drug-likeness (QED) is 0.494. The molecule has 0 saturated carbocycles. The van der Waals surface area contributed by atoms with E-state index in [1.165, 1.54) is 0 Å². The molecule has 2 aromatic rings. The van der Waals surface area contributed by atoms with E-state index >= 15 is 0 Å². The molecule has 0 spiro atoms. The van der Waals surface area contributed by atoms with Gasteiger partial charge < -0.3 is 14.8 Å². The lowest BCUT2D eigenvalue weighted by atomic mass is 10.1. The van der Waals surface area contributed by atoms with Gasteiger partial charge in [-0.05, 0) is 90.1 Å². The van der Waals surface area contributed by atoms with Gasteiger partial charge in [0.1, 0.15) is 22.7 Å². The van der Waals surface area contributed by atoms with Crippen molar-refractivity contribution in [2.45, 2.75) is 52.7 Å². The van der Waals surface area contributed by atoms with Gasteiger partial charge >= 0.3 is 0 Å². The van der Waals surface area contributed by atoms with Crippen molar-refractivity contribution in [3.8, 4) is 11.5 Å². The van der Waals surface area contributed by atoms with Crippen LogP contribution in [-0.4, -0.2) is 24.0 Å². The summed E-state index contributed by atoms with van der Waals surface area (Å²) in [5.41, 5.74) is 1.77. The molecule has 0 bridgehead atoms. The average molecular weight is 382 g/mol. The number of allylic oxidation sites excluding steroid dienone is 1. The normalized spacial score (nSPS) is 12.1. The van der Waals surface area contributed by atoms with Crippen LogP contribution in [0.1, 0.15) is 57.5 Å². The van der Waals surface area contributed by atoms with Crippen LogP contribution in [0.25, 0.3) is 6.08 Å². The Balaban J connectivity index is 2.28. The number of benzene rings is 2. The molecule has 0 aliphatic rings. The Hall–Kier alpha value is -2.75. The van der Waals surface area contributed by atoms with E-state index in [2.05, 4.69) is 5.32 Å². The SMILES string of the molecule is CNc1ccc(C(=O)C=Cc2ccc(OC(C)(C)C)cc2OC(C)(C)C)cc1. The average Bonchev–Trinajstić information content (AvgIpc) is 2.58. The third-order valence-electron chi connectivity index (χ3n) is 3.70. The van der Waals surface area contributed by atoms with E-state index in [4.69, 9.17) is 9.47 Å². The Morgan fingerprint density at radius 3 is 2.04 bits per heavy atom. The van der Waals surface area contributed by atoms with E-state index in [-0.39, 0.29) is 17.0 Å². The van der Waals surface area contributed by atoms with Gasteiger partial charge in [0.15, 0.2) is 5.78 Å². The summed E-state index contributed by atoms with van der Waals surface area (Å²) in [4.78, 5) is 12.5. The van der Waals surface area contributed by atoms with E-state index in [1.54, 1.807) is 12.2 Å². The lowest BCUT2D eigenvalue weighted by molar-refractivity contribution is 0.104. The van der Waals surface area contributed by atoms with E-state index in [0.717, 1.165) is 17.0 Å². The summed E-state index contributed by atoms with van der Waals surface area (Å²) in [5, 5.41) is 3.04. The van der Waals surface area contributed by atoms with Crippen molar-refractivity contribution in [2.75, 3.05) is 12.4 Å².